The number of anilines is 2. The number of hydrogen-bond acceptors (Lipinski definition) is 6. The summed E-state index contributed by atoms with van der Waals surface area (Å²) in [6, 6.07) is 7.79. The van der Waals surface area contributed by atoms with Crippen LogP contribution in [-0.4, -0.2) is 26.6 Å². The summed E-state index contributed by atoms with van der Waals surface area (Å²) in [5, 5.41) is 6.92. The van der Waals surface area contributed by atoms with Crippen LogP contribution in [0.2, 0.25) is 5.15 Å². The molecule has 1 amide bonds. The fourth-order valence-corrected chi connectivity index (χ4v) is 4.43. The van der Waals surface area contributed by atoms with E-state index in [2.05, 4.69) is 17.0 Å². The number of esters is 1. The van der Waals surface area contributed by atoms with E-state index < -0.39 is 5.97 Å². The van der Waals surface area contributed by atoms with Crippen LogP contribution >= 0.6 is 22.9 Å². The van der Waals surface area contributed by atoms with E-state index in [9.17, 15) is 9.59 Å². The van der Waals surface area contributed by atoms with Crippen molar-refractivity contribution in [3.05, 3.63) is 57.3 Å². The van der Waals surface area contributed by atoms with Crippen LogP contribution < -0.4 is 4.90 Å². The van der Waals surface area contributed by atoms with Gasteiger partial charge in [-0.05, 0) is 37.0 Å². The Morgan fingerprint density at radius 3 is 2.53 bits per heavy atom. The van der Waals surface area contributed by atoms with Gasteiger partial charge in [0, 0.05) is 18.8 Å². The first-order valence-corrected chi connectivity index (χ1v) is 11.7. The molecule has 3 rings (SSSR count). The molecule has 32 heavy (non-hydrogen) atoms. The molecule has 0 aliphatic rings. The SMILES string of the molecule is CCc1ccc(N(C(C)=O)c2nc(COC(=O)c3c(C)nn(CC(C)C)c3Cl)cs2)cc1. The summed E-state index contributed by atoms with van der Waals surface area (Å²) in [4.78, 5) is 31.0. The zero-order chi connectivity index (χ0) is 23.4. The highest BCUT2D eigenvalue weighted by Gasteiger charge is 2.23. The van der Waals surface area contributed by atoms with Gasteiger partial charge < -0.3 is 4.74 Å². The summed E-state index contributed by atoms with van der Waals surface area (Å²) in [7, 11) is 0. The van der Waals surface area contributed by atoms with Crippen LogP contribution in [0.15, 0.2) is 29.6 Å². The Bertz CT molecular complexity index is 1110. The molecule has 170 valence electrons. The Labute approximate surface area is 197 Å². The molecule has 0 aliphatic carbocycles. The van der Waals surface area contributed by atoms with Crippen LogP contribution in [0.1, 0.15) is 55.0 Å². The first-order valence-electron chi connectivity index (χ1n) is 10.4. The van der Waals surface area contributed by atoms with E-state index in [0.717, 1.165) is 12.1 Å². The number of carbonyl (C=O) groups excluding carboxylic acids is 2. The molecule has 0 unspecified atom stereocenters. The average molecular weight is 475 g/mol. The summed E-state index contributed by atoms with van der Waals surface area (Å²) < 4.78 is 7.07. The van der Waals surface area contributed by atoms with E-state index in [1.165, 1.54) is 23.8 Å². The maximum atomic E-state index is 12.6. The van der Waals surface area contributed by atoms with Crippen LogP contribution in [0.3, 0.4) is 0 Å². The second-order valence-electron chi connectivity index (χ2n) is 7.90. The zero-order valence-electron chi connectivity index (χ0n) is 18.9. The van der Waals surface area contributed by atoms with E-state index in [1.54, 1.807) is 21.9 Å². The second-order valence-corrected chi connectivity index (χ2v) is 9.09. The van der Waals surface area contributed by atoms with Gasteiger partial charge in [-0.2, -0.15) is 5.10 Å². The van der Waals surface area contributed by atoms with Gasteiger partial charge in [0.05, 0.1) is 17.1 Å². The predicted octanol–water partition coefficient (Wildman–Crippen LogP) is 5.56. The number of benzene rings is 1. The number of amides is 1. The van der Waals surface area contributed by atoms with Crippen LogP contribution in [0, 0.1) is 12.8 Å². The molecular weight excluding hydrogens is 448 g/mol. The van der Waals surface area contributed by atoms with Crippen LogP contribution in [0.4, 0.5) is 10.8 Å². The number of halogens is 1. The number of rotatable bonds is 8. The van der Waals surface area contributed by atoms with Crippen molar-refractivity contribution in [2.45, 2.75) is 54.2 Å². The smallest absolute Gasteiger partial charge is 0.343 e. The van der Waals surface area contributed by atoms with Crippen LogP contribution in [0.25, 0.3) is 0 Å². The Morgan fingerprint density at radius 1 is 1.25 bits per heavy atom. The molecule has 1 aromatic carbocycles. The number of hydrogen-bond donors (Lipinski definition) is 0. The maximum Gasteiger partial charge on any atom is 0.343 e. The number of thiazole rings is 1. The maximum absolute atomic E-state index is 12.6. The average Bonchev–Trinajstić information content (AvgIpc) is 3.30. The van der Waals surface area contributed by atoms with E-state index in [4.69, 9.17) is 16.3 Å². The first kappa shape index (κ1) is 23.9. The molecule has 2 aromatic heterocycles. The standard InChI is InChI=1S/C23H27ClN4O3S/c1-6-17-7-9-19(10-8-17)28(16(5)29)23-25-18(13-32-23)12-31-22(30)20-15(4)26-27(21(20)24)11-14(2)3/h7-10,13-14H,6,11-12H2,1-5H3. The molecule has 0 N–H and O–H groups in total. The van der Waals surface area contributed by atoms with Gasteiger partial charge in [-0.1, -0.05) is 44.5 Å². The largest absolute Gasteiger partial charge is 0.455 e. The Morgan fingerprint density at radius 2 is 1.94 bits per heavy atom. The lowest BCUT2D eigenvalue weighted by molar-refractivity contribution is -0.115. The van der Waals surface area contributed by atoms with Gasteiger partial charge in [0.25, 0.3) is 0 Å². The second kappa shape index (κ2) is 10.3. The molecule has 3 aromatic rings. The van der Waals surface area contributed by atoms with Crippen molar-refractivity contribution in [3.8, 4) is 0 Å². The number of ether oxygens (including phenoxy) is 1. The summed E-state index contributed by atoms with van der Waals surface area (Å²) in [5.74, 6) is -0.353. The monoisotopic (exact) mass is 474 g/mol. The van der Waals surface area contributed by atoms with Gasteiger partial charge in [-0.3, -0.25) is 14.4 Å². The van der Waals surface area contributed by atoms with Crippen molar-refractivity contribution in [3.63, 3.8) is 0 Å². The van der Waals surface area contributed by atoms with Gasteiger partial charge in [-0.25, -0.2) is 9.78 Å². The number of aryl methyl sites for hydroxylation is 2. The van der Waals surface area contributed by atoms with Crippen molar-refractivity contribution in [1.82, 2.24) is 14.8 Å². The third-order valence-electron chi connectivity index (χ3n) is 4.81. The van der Waals surface area contributed by atoms with Gasteiger partial charge >= 0.3 is 5.97 Å². The molecule has 0 spiro atoms. The predicted molar refractivity (Wildman–Crippen MR) is 127 cm³/mol. The quantitative estimate of drug-likeness (QED) is 0.399. The van der Waals surface area contributed by atoms with Crippen LogP contribution in [-0.2, 0) is 29.1 Å². The van der Waals surface area contributed by atoms with Crippen molar-refractivity contribution in [2.75, 3.05) is 4.90 Å². The lowest BCUT2D eigenvalue weighted by Crippen LogP contribution is -2.22. The summed E-state index contributed by atoms with van der Waals surface area (Å²) in [6.07, 6.45) is 0.924. The fraction of sp³-hybridized carbons (Fsp3) is 0.391. The molecule has 0 fully saturated rings. The highest BCUT2D eigenvalue weighted by molar-refractivity contribution is 7.14. The summed E-state index contributed by atoms with van der Waals surface area (Å²) >= 11 is 7.68. The molecule has 0 saturated heterocycles. The summed E-state index contributed by atoms with van der Waals surface area (Å²) in [5.41, 5.74) is 3.28. The molecule has 0 bridgehead atoms. The van der Waals surface area contributed by atoms with Crippen molar-refractivity contribution >= 4 is 45.6 Å². The molecule has 0 radical (unpaired) electrons. The number of carbonyl (C=O) groups is 2. The number of nitrogens with zero attached hydrogens (tertiary/aromatic N) is 4. The minimum absolute atomic E-state index is 0.0268. The highest BCUT2D eigenvalue weighted by Crippen LogP contribution is 2.30. The van der Waals surface area contributed by atoms with Gasteiger partial charge in [-0.15, -0.1) is 11.3 Å². The lowest BCUT2D eigenvalue weighted by Gasteiger charge is -2.18. The van der Waals surface area contributed by atoms with Gasteiger partial charge in [0.1, 0.15) is 17.3 Å². The molecule has 0 atom stereocenters. The van der Waals surface area contributed by atoms with E-state index in [-0.39, 0.29) is 23.2 Å². The van der Waals surface area contributed by atoms with Crippen molar-refractivity contribution in [2.24, 2.45) is 5.92 Å². The minimum Gasteiger partial charge on any atom is -0.455 e. The molecule has 2 heterocycles. The summed E-state index contributed by atoms with van der Waals surface area (Å²) in [6.45, 7) is 9.99. The Kier molecular flexibility index (Phi) is 7.69. The highest BCUT2D eigenvalue weighted by atomic mass is 35.5. The molecule has 0 aliphatic heterocycles. The zero-order valence-corrected chi connectivity index (χ0v) is 20.5. The third kappa shape index (κ3) is 5.37. The molecule has 9 heteroatoms. The minimum atomic E-state index is -0.546. The van der Waals surface area contributed by atoms with E-state index in [1.807, 2.05) is 38.1 Å². The normalized spacial score (nSPS) is 11.1. The van der Waals surface area contributed by atoms with E-state index >= 15 is 0 Å². The van der Waals surface area contributed by atoms with Crippen molar-refractivity contribution < 1.29 is 14.3 Å². The first-order chi connectivity index (χ1) is 15.2. The molecular formula is C23H27ClN4O3S. The third-order valence-corrected chi connectivity index (χ3v) is 6.07. The van der Waals surface area contributed by atoms with Gasteiger partial charge in [0.2, 0.25) is 5.91 Å². The lowest BCUT2D eigenvalue weighted by atomic mass is 10.1. The Hall–Kier alpha value is -2.71. The number of aromatic nitrogens is 3. The molecule has 0 saturated carbocycles. The van der Waals surface area contributed by atoms with E-state index in [0.29, 0.717) is 29.0 Å². The molecule has 7 nitrogen and oxygen atoms in total. The fourth-order valence-electron chi connectivity index (χ4n) is 3.24. The van der Waals surface area contributed by atoms with Crippen LogP contribution in [0.5, 0.6) is 0 Å². The topological polar surface area (TPSA) is 77.3 Å². The van der Waals surface area contributed by atoms with Gasteiger partial charge in [0.15, 0.2) is 5.13 Å². The Balaban J connectivity index is 1.72. The van der Waals surface area contributed by atoms with Crippen molar-refractivity contribution in [1.29, 1.82) is 0 Å².